The fraction of sp³-hybridized carbons (Fsp3) is 0.294. The molecular weight excluding hydrogens is 252 g/mol. The SMILES string of the molecule is Oc1ccc(CC2CCCc3cc(O)c(O)cc32)cc1. The number of phenolic OH excluding ortho intramolecular Hbond substituents is 3. The van der Waals surface area contributed by atoms with Crippen molar-refractivity contribution in [2.45, 2.75) is 31.6 Å². The van der Waals surface area contributed by atoms with E-state index in [1.807, 2.05) is 12.1 Å². The van der Waals surface area contributed by atoms with Gasteiger partial charge in [0.25, 0.3) is 0 Å². The lowest BCUT2D eigenvalue weighted by Gasteiger charge is -2.26. The summed E-state index contributed by atoms with van der Waals surface area (Å²) < 4.78 is 0. The average Bonchev–Trinajstić information content (AvgIpc) is 2.43. The molecule has 2 aromatic rings. The van der Waals surface area contributed by atoms with Crippen LogP contribution in [0.4, 0.5) is 0 Å². The van der Waals surface area contributed by atoms with E-state index < -0.39 is 0 Å². The molecule has 104 valence electrons. The molecule has 0 aliphatic heterocycles. The highest BCUT2D eigenvalue weighted by atomic mass is 16.3. The van der Waals surface area contributed by atoms with Crippen LogP contribution in [0.1, 0.15) is 35.4 Å². The molecule has 20 heavy (non-hydrogen) atoms. The van der Waals surface area contributed by atoms with Gasteiger partial charge in [-0.1, -0.05) is 12.1 Å². The normalized spacial score (nSPS) is 17.7. The maximum atomic E-state index is 9.71. The maximum Gasteiger partial charge on any atom is 0.157 e. The van der Waals surface area contributed by atoms with E-state index in [2.05, 4.69) is 0 Å². The molecule has 1 aliphatic carbocycles. The average molecular weight is 270 g/mol. The van der Waals surface area contributed by atoms with E-state index in [1.54, 1.807) is 24.3 Å². The Balaban J connectivity index is 1.89. The lowest BCUT2D eigenvalue weighted by molar-refractivity contribution is 0.400. The topological polar surface area (TPSA) is 60.7 Å². The van der Waals surface area contributed by atoms with Gasteiger partial charge in [-0.05, 0) is 72.6 Å². The van der Waals surface area contributed by atoms with Crippen molar-refractivity contribution >= 4 is 0 Å². The zero-order valence-electron chi connectivity index (χ0n) is 11.2. The van der Waals surface area contributed by atoms with Gasteiger partial charge in [0, 0.05) is 0 Å². The molecule has 0 saturated heterocycles. The van der Waals surface area contributed by atoms with Crippen LogP contribution in [0.2, 0.25) is 0 Å². The Morgan fingerprint density at radius 3 is 2.40 bits per heavy atom. The number of rotatable bonds is 2. The fourth-order valence-corrected chi connectivity index (χ4v) is 3.06. The Hall–Kier alpha value is -2.16. The van der Waals surface area contributed by atoms with E-state index >= 15 is 0 Å². The van der Waals surface area contributed by atoms with Gasteiger partial charge < -0.3 is 15.3 Å². The van der Waals surface area contributed by atoms with E-state index in [-0.39, 0.29) is 17.2 Å². The zero-order chi connectivity index (χ0) is 14.1. The predicted octanol–water partition coefficient (Wildman–Crippen LogP) is 3.47. The number of fused-ring (bicyclic) bond motifs is 1. The molecule has 0 fully saturated rings. The zero-order valence-corrected chi connectivity index (χ0v) is 11.2. The maximum absolute atomic E-state index is 9.71. The summed E-state index contributed by atoms with van der Waals surface area (Å²) in [6.07, 6.45) is 4.02. The summed E-state index contributed by atoms with van der Waals surface area (Å²) in [6, 6.07) is 10.7. The Kier molecular flexibility index (Phi) is 3.26. The molecular formula is C17H18O3. The second kappa shape index (κ2) is 5.08. The number of phenols is 3. The number of benzene rings is 2. The second-order valence-corrected chi connectivity index (χ2v) is 5.50. The van der Waals surface area contributed by atoms with Gasteiger partial charge in [-0.15, -0.1) is 0 Å². The monoisotopic (exact) mass is 270 g/mol. The first-order valence-electron chi connectivity index (χ1n) is 6.96. The molecule has 0 aromatic heterocycles. The molecule has 3 heteroatoms. The first-order valence-corrected chi connectivity index (χ1v) is 6.96. The first kappa shape index (κ1) is 12.9. The molecule has 3 rings (SSSR count). The van der Waals surface area contributed by atoms with Crippen molar-refractivity contribution in [1.82, 2.24) is 0 Å². The number of hydrogen-bond acceptors (Lipinski definition) is 3. The number of hydrogen-bond donors (Lipinski definition) is 3. The number of aryl methyl sites for hydroxylation is 1. The van der Waals surface area contributed by atoms with E-state index in [4.69, 9.17) is 0 Å². The van der Waals surface area contributed by atoms with E-state index in [0.717, 1.165) is 36.8 Å². The lowest BCUT2D eigenvalue weighted by atomic mass is 9.79. The third kappa shape index (κ3) is 2.44. The summed E-state index contributed by atoms with van der Waals surface area (Å²) in [6.45, 7) is 0. The van der Waals surface area contributed by atoms with Gasteiger partial charge in [0.05, 0.1) is 0 Å². The molecule has 1 atom stereocenters. The van der Waals surface area contributed by atoms with Gasteiger partial charge in [0.15, 0.2) is 11.5 Å². The molecule has 0 radical (unpaired) electrons. The third-order valence-corrected chi connectivity index (χ3v) is 4.09. The Bertz CT molecular complexity index is 617. The quantitative estimate of drug-likeness (QED) is 0.732. The minimum Gasteiger partial charge on any atom is -0.508 e. The third-order valence-electron chi connectivity index (χ3n) is 4.09. The standard InChI is InChI=1S/C17H18O3/c18-14-6-4-11(5-7-14)8-12-2-1-3-13-9-16(19)17(20)10-15(12)13/h4-7,9-10,12,18-20H,1-3,8H2. The Morgan fingerprint density at radius 1 is 0.950 bits per heavy atom. The molecule has 1 aliphatic rings. The highest BCUT2D eigenvalue weighted by Crippen LogP contribution is 2.39. The highest BCUT2D eigenvalue weighted by Gasteiger charge is 2.22. The first-order chi connectivity index (χ1) is 9.63. The molecule has 1 unspecified atom stereocenters. The van der Waals surface area contributed by atoms with Crippen molar-refractivity contribution in [3.05, 3.63) is 53.1 Å². The van der Waals surface area contributed by atoms with Gasteiger partial charge in [0.1, 0.15) is 5.75 Å². The number of aromatic hydroxyl groups is 3. The molecule has 0 heterocycles. The summed E-state index contributed by atoms with van der Waals surface area (Å²) >= 11 is 0. The fourth-order valence-electron chi connectivity index (χ4n) is 3.06. The van der Waals surface area contributed by atoms with Crippen LogP contribution < -0.4 is 0 Å². The van der Waals surface area contributed by atoms with Crippen LogP contribution in [0.25, 0.3) is 0 Å². The Labute approximate surface area is 118 Å². The van der Waals surface area contributed by atoms with Crippen LogP contribution in [-0.2, 0) is 12.8 Å². The molecule has 0 amide bonds. The van der Waals surface area contributed by atoms with E-state index in [1.165, 1.54) is 5.56 Å². The molecule has 0 saturated carbocycles. The van der Waals surface area contributed by atoms with Crippen molar-refractivity contribution in [3.63, 3.8) is 0 Å². The largest absolute Gasteiger partial charge is 0.508 e. The second-order valence-electron chi connectivity index (χ2n) is 5.50. The van der Waals surface area contributed by atoms with Gasteiger partial charge in [-0.3, -0.25) is 0 Å². The van der Waals surface area contributed by atoms with Crippen molar-refractivity contribution in [3.8, 4) is 17.2 Å². The molecule has 0 spiro atoms. The van der Waals surface area contributed by atoms with Crippen molar-refractivity contribution in [1.29, 1.82) is 0 Å². The molecule has 2 aromatic carbocycles. The molecule has 3 nitrogen and oxygen atoms in total. The van der Waals surface area contributed by atoms with Gasteiger partial charge in [-0.25, -0.2) is 0 Å². The van der Waals surface area contributed by atoms with Crippen molar-refractivity contribution in [2.75, 3.05) is 0 Å². The van der Waals surface area contributed by atoms with Gasteiger partial charge in [-0.2, -0.15) is 0 Å². The van der Waals surface area contributed by atoms with E-state index in [0.29, 0.717) is 5.92 Å². The van der Waals surface area contributed by atoms with Crippen LogP contribution in [-0.4, -0.2) is 15.3 Å². The summed E-state index contributed by atoms with van der Waals surface area (Å²) in [5, 5.41) is 28.6. The predicted molar refractivity (Wildman–Crippen MR) is 77.3 cm³/mol. The van der Waals surface area contributed by atoms with Crippen LogP contribution in [0.3, 0.4) is 0 Å². The van der Waals surface area contributed by atoms with Gasteiger partial charge in [0.2, 0.25) is 0 Å². The molecule has 3 N–H and O–H groups in total. The van der Waals surface area contributed by atoms with E-state index in [9.17, 15) is 15.3 Å². The van der Waals surface area contributed by atoms with Crippen LogP contribution in [0.15, 0.2) is 36.4 Å². The van der Waals surface area contributed by atoms with Crippen molar-refractivity contribution < 1.29 is 15.3 Å². The van der Waals surface area contributed by atoms with Crippen LogP contribution in [0, 0.1) is 0 Å². The van der Waals surface area contributed by atoms with Gasteiger partial charge >= 0.3 is 0 Å². The molecule has 0 bridgehead atoms. The Morgan fingerprint density at radius 2 is 1.65 bits per heavy atom. The summed E-state index contributed by atoms with van der Waals surface area (Å²) in [5.74, 6) is 0.561. The van der Waals surface area contributed by atoms with Crippen LogP contribution >= 0.6 is 0 Å². The highest BCUT2D eigenvalue weighted by molar-refractivity contribution is 5.48. The minimum absolute atomic E-state index is 0.0333. The summed E-state index contributed by atoms with van der Waals surface area (Å²) in [7, 11) is 0. The van der Waals surface area contributed by atoms with Crippen molar-refractivity contribution in [2.24, 2.45) is 0 Å². The van der Waals surface area contributed by atoms with Crippen LogP contribution in [0.5, 0.6) is 17.2 Å². The minimum atomic E-state index is -0.0404. The lowest BCUT2D eigenvalue weighted by Crippen LogP contribution is -2.12. The summed E-state index contributed by atoms with van der Waals surface area (Å²) in [4.78, 5) is 0. The smallest absolute Gasteiger partial charge is 0.157 e. The summed E-state index contributed by atoms with van der Waals surface area (Å²) in [5.41, 5.74) is 3.45.